The van der Waals surface area contributed by atoms with E-state index in [1.54, 1.807) is 0 Å². The first-order chi connectivity index (χ1) is 29.8. The Labute approximate surface area is 352 Å². The molecule has 2 heterocycles. The van der Waals surface area contributed by atoms with Gasteiger partial charge in [-0.2, -0.15) is 0 Å². The molecule has 2 nitrogen and oxygen atoms in total. The number of aromatic nitrogens is 2. The predicted molar refractivity (Wildman–Crippen MR) is 254 cm³/mol. The summed E-state index contributed by atoms with van der Waals surface area (Å²) >= 11 is 0. The van der Waals surface area contributed by atoms with E-state index in [0.717, 1.165) is 25.1 Å². The lowest BCUT2D eigenvalue weighted by molar-refractivity contribution is 0.778. The monoisotopic (exact) mass is 768 g/mol. The van der Waals surface area contributed by atoms with Crippen LogP contribution in [0.15, 0.2) is 206 Å². The van der Waals surface area contributed by atoms with Crippen LogP contribution in [-0.4, -0.2) is 9.13 Å². The van der Waals surface area contributed by atoms with Crippen molar-refractivity contribution < 1.29 is 0 Å². The van der Waals surface area contributed by atoms with Crippen molar-refractivity contribution >= 4 is 27.8 Å². The van der Waals surface area contributed by atoms with Gasteiger partial charge in [-0.15, -0.1) is 0 Å². The first-order valence-corrected chi connectivity index (χ1v) is 21.2. The van der Waals surface area contributed by atoms with E-state index >= 15 is 0 Å². The van der Waals surface area contributed by atoms with Crippen LogP contribution in [0.4, 0.5) is 0 Å². The van der Waals surface area contributed by atoms with Gasteiger partial charge in [0.2, 0.25) is 0 Å². The Morgan fingerprint density at radius 1 is 0.433 bits per heavy atom. The van der Waals surface area contributed by atoms with E-state index < -0.39 is 0 Å². The highest BCUT2D eigenvalue weighted by molar-refractivity contribution is 6.26. The van der Waals surface area contributed by atoms with Gasteiger partial charge in [0.1, 0.15) is 0 Å². The molecule has 11 rings (SSSR count). The maximum absolute atomic E-state index is 2.60. The predicted octanol–water partition coefficient (Wildman–Crippen LogP) is 15.6. The van der Waals surface area contributed by atoms with Gasteiger partial charge in [-0.25, -0.2) is 0 Å². The molecule has 0 unspecified atom stereocenters. The third-order valence-corrected chi connectivity index (χ3v) is 12.4. The van der Waals surface area contributed by atoms with E-state index in [1.807, 2.05) is 0 Å². The molecule has 10 aromatic rings. The summed E-state index contributed by atoms with van der Waals surface area (Å²) < 4.78 is 5.09. The van der Waals surface area contributed by atoms with Gasteiger partial charge in [0.05, 0.1) is 11.4 Å². The second kappa shape index (κ2) is 15.1. The molecule has 8 aromatic carbocycles. The summed E-state index contributed by atoms with van der Waals surface area (Å²) in [5, 5.41) is 3.81. The van der Waals surface area contributed by atoms with Crippen molar-refractivity contribution in [2.75, 3.05) is 0 Å². The van der Waals surface area contributed by atoms with Crippen molar-refractivity contribution in [3.05, 3.63) is 218 Å². The van der Waals surface area contributed by atoms with Gasteiger partial charge in [-0.3, -0.25) is 0 Å². The number of hydrogen-bond acceptors (Lipinski definition) is 0. The maximum Gasteiger partial charge on any atom is 0.0620 e. The minimum absolute atomic E-state index is 0.929. The third kappa shape index (κ3) is 5.79. The Bertz CT molecular complexity index is 3010. The molecule has 0 spiro atoms. The van der Waals surface area contributed by atoms with Crippen LogP contribution in [0.1, 0.15) is 24.6 Å². The number of allylic oxidation sites excluding steroid dienone is 1. The van der Waals surface area contributed by atoms with Crippen LogP contribution in [-0.2, 0) is 13.0 Å². The van der Waals surface area contributed by atoms with E-state index in [-0.39, 0.29) is 0 Å². The number of aryl methyl sites for hydroxylation is 2. The quantitative estimate of drug-likeness (QED) is 0.146. The standard InChI is InChI=1S/C58H44N2/c1-2-59-49-36-22-21-35-47(49)48-39-46(37-38-50(48)59)60-57(44-31-17-7-18-32-44)55-53(42-27-13-5-14-28-42)51(40-23-9-3-10-24-40)52(41-25-11-4-12-26-41)54(43-29-15-6-16-30-43)56(55)58(60)45-33-19-8-20-34-45/h3-20,22-34,36-39H,2,21,35H2,1H3. The van der Waals surface area contributed by atoms with Gasteiger partial charge in [0, 0.05) is 50.7 Å². The number of fused-ring (bicyclic) bond motifs is 4. The van der Waals surface area contributed by atoms with Crippen molar-refractivity contribution in [3.63, 3.8) is 0 Å². The molecule has 0 radical (unpaired) electrons. The highest BCUT2D eigenvalue weighted by atomic mass is 15.0. The van der Waals surface area contributed by atoms with Crippen LogP contribution in [0.2, 0.25) is 0 Å². The fourth-order valence-electron chi connectivity index (χ4n) is 9.92. The minimum Gasteiger partial charge on any atom is -0.341 e. The molecule has 0 saturated heterocycles. The summed E-state index contributed by atoms with van der Waals surface area (Å²) in [7, 11) is 0. The van der Waals surface area contributed by atoms with E-state index in [1.165, 1.54) is 100.0 Å². The molecule has 286 valence electrons. The fourth-order valence-corrected chi connectivity index (χ4v) is 9.92. The Kier molecular flexibility index (Phi) is 8.97. The summed E-state index contributed by atoms with van der Waals surface area (Å²) in [5.74, 6) is 0. The molecular formula is C58H44N2. The van der Waals surface area contributed by atoms with Gasteiger partial charge in [-0.05, 0) is 94.1 Å². The van der Waals surface area contributed by atoms with Crippen molar-refractivity contribution in [2.45, 2.75) is 26.3 Å². The number of benzene rings is 8. The third-order valence-electron chi connectivity index (χ3n) is 12.4. The molecule has 0 amide bonds. The number of nitrogens with zero attached hydrogens (tertiary/aromatic N) is 2. The average Bonchev–Trinajstić information content (AvgIpc) is 3.85. The largest absolute Gasteiger partial charge is 0.341 e. The lowest BCUT2D eigenvalue weighted by atomic mass is 9.78. The van der Waals surface area contributed by atoms with Crippen molar-refractivity contribution in [1.82, 2.24) is 9.13 Å². The average molecular weight is 769 g/mol. The van der Waals surface area contributed by atoms with Crippen LogP contribution in [0.3, 0.4) is 0 Å². The molecule has 1 aliphatic rings. The second-order valence-electron chi connectivity index (χ2n) is 15.7. The van der Waals surface area contributed by atoms with Crippen LogP contribution in [0.5, 0.6) is 0 Å². The Morgan fingerprint density at radius 2 is 0.833 bits per heavy atom. The van der Waals surface area contributed by atoms with E-state index in [9.17, 15) is 0 Å². The van der Waals surface area contributed by atoms with Gasteiger partial charge in [0.15, 0.2) is 0 Å². The molecule has 0 saturated carbocycles. The molecule has 0 N–H and O–H groups in total. The molecule has 2 heteroatoms. The molecule has 1 aliphatic carbocycles. The van der Waals surface area contributed by atoms with Crippen LogP contribution >= 0.6 is 0 Å². The topological polar surface area (TPSA) is 9.86 Å². The SMILES string of the molecule is CCn1c2c(c3cc(-n4c(-c5ccccc5)c5c(-c6ccccc6)c(-c6ccccc6)c(-c6ccccc6)c(-c6ccccc6)c5c4-c4ccccc4)ccc31)CCC=C2. The highest BCUT2D eigenvalue weighted by Crippen LogP contribution is 2.57. The Morgan fingerprint density at radius 3 is 1.25 bits per heavy atom. The first kappa shape index (κ1) is 35.7. The molecular weight excluding hydrogens is 725 g/mol. The second-order valence-corrected chi connectivity index (χ2v) is 15.7. The van der Waals surface area contributed by atoms with Gasteiger partial charge >= 0.3 is 0 Å². The van der Waals surface area contributed by atoms with Crippen LogP contribution < -0.4 is 0 Å². The molecule has 0 fully saturated rings. The Balaban J connectivity index is 1.45. The molecule has 60 heavy (non-hydrogen) atoms. The maximum atomic E-state index is 2.60. The zero-order valence-electron chi connectivity index (χ0n) is 33.7. The highest BCUT2D eigenvalue weighted by Gasteiger charge is 2.32. The van der Waals surface area contributed by atoms with Gasteiger partial charge in [0.25, 0.3) is 0 Å². The van der Waals surface area contributed by atoms with Gasteiger partial charge < -0.3 is 9.13 Å². The molecule has 0 atom stereocenters. The van der Waals surface area contributed by atoms with E-state index in [0.29, 0.717) is 0 Å². The summed E-state index contributed by atoms with van der Waals surface area (Å²) in [6, 6.07) is 73.7. The van der Waals surface area contributed by atoms with Crippen molar-refractivity contribution in [3.8, 4) is 72.7 Å². The number of hydrogen-bond donors (Lipinski definition) is 0. The minimum atomic E-state index is 0.929. The number of rotatable bonds is 8. The van der Waals surface area contributed by atoms with Gasteiger partial charge in [-0.1, -0.05) is 188 Å². The normalized spacial score (nSPS) is 12.3. The van der Waals surface area contributed by atoms with Crippen molar-refractivity contribution in [2.24, 2.45) is 0 Å². The fraction of sp³-hybridized carbons (Fsp3) is 0.0690. The zero-order valence-corrected chi connectivity index (χ0v) is 33.7. The van der Waals surface area contributed by atoms with E-state index in [2.05, 4.69) is 228 Å². The first-order valence-electron chi connectivity index (χ1n) is 21.2. The summed E-state index contributed by atoms with van der Waals surface area (Å²) in [4.78, 5) is 0. The lowest BCUT2D eigenvalue weighted by Gasteiger charge is -2.24. The van der Waals surface area contributed by atoms with Crippen molar-refractivity contribution in [1.29, 1.82) is 0 Å². The summed E-state index contributed by atoms with van der Waals surface area (Å²) in [5.41, 5.74) is 19.6. The summed E-state index contributed by atoms with van der Waals surface area (Å²) in [6.45, 7) is 3.19. The molecule has 2 aromatic heterocycles. The molecule has 0 aliphatic heterocycles. The van der Waals surface area contributed by atoms with Crippen LogP contribution in [0, 0.1) is 0 Å². The van der Waals surface area contributed by atoms with Crippen LogP contribution in [0.25, 0.3) is 100 Å². The zero-order chi connectivity index (χ0) is 40.0. The lowest BCUT2D eigenvalue weighted by Crippen LogP contribution is -2.00. The Hall–Kier alpha value is -7.42. The summed E-state index contributed by atoms with van der Waals surface area (Å²) in [6.07, 6.45) is 6.77. The van der Waals surface area contributed by atoms with E-state index in [4.69, 9.17) is 0 Å². The molecule has 0 bridgehead atoms. The smallest absolute Gasteiger partial charge is 0.0620 e.